The van der Waals surface area contributed by atoms with Crippen LogP contribution in [0.15, 0.2) is 34.9 Å². The van der Waals surface area contributed by atoms with E-state index in [2.05, 4.69) is 24.8 Å². The summed E-state index contributed by atoms with van der Waals surface area (Å²) in [6.45, 7) is 1.63. The number of hydrogen-bond acceptors (Lipinski definition) is 4. The third kappa shape index (κ3) is 2.12. The summed E-state index contributed by atoms with van der Waals surface area (Å²) >= 11 is 5.56. The summed E-state index contributed by atoms with van der Waals surface area (Å²) in [5.41, 5.74) is 2.97. The molecule has 1 fully saturated rings. The molecule has 6 heteroatoms. The molecule has 4 nitrogen and oxygen atoms in total. The average molecular weight is 347 g/mol. The molecule has 0 spiro atoms. The number of benzene rings is 1. The molecule has 0 aromatic heterocycles. The van der Waals surface area contributed by atoms with Crippen molar-refractivity contribution < 1.29 is 14.7 Å². The van der Waals surface area contributed by atoms with Gasteiger partial charge >= 0.3 is 0 Å². The molecular weight excluding hydrogens is 330 g/mol. The van der Waals surface area contributed by atoms with Gasteiger partial charge < -0.3 is 5.11 Å². The lowest BCUT2D eigenvalue weighted by Gasteiger charge is -2.43. The van der Waals surface area contributed by atoms with Gasteiger partial charge in [0.15, 0.2) is 0 Å². The Morgan fingerprint density at radius 1 is 1.43 bits per heavy atom. The molecule has 0 radical (unpaired) electrons. The van der Waals surface area contributed by atoms with Crippen molar-refractivity contribution in [3.05, 3.63) is 46.0 Å². The Labute approximate surface area is 144 Å². The summed E-state index contributed by atoms with van der Waals surface area (Å²) in [7, 11) is 0. The van der Waals surface area contributed by atoms with Gasteiger partial charge in [0, 0.05) is 10.8 Å². The molecule has 1 N–H and O–H groups in total. The van der Waals surface area contributed by atoms with Crippen molar-refractivity contribution in [2.75, 3.05) is 0 Å². The van der Waals surface area contributed by atoms with E-state index >= 15 is 0 Å². The zero-order chi connectivity index (χ0) is 16.3. The Morgan fingerprint density at radius 3 is 2.87 bits per heavy atom. The second kappa shape index (κ2) is 5.40. The van der Waals surface area contributed by atoms with Gasteiger partial charge in [0.2, 0.25) is 11.0 Å². The van der Waals surface area contributed by atoms with Crippen LogP contribution in [0.2, 0.25) is 0 Å². The molecule has 1 unspecified atom stereocenters. The zero-order valence-corrected chi connectivity index (χ0v) is 14.3. The molecule has 1 aromatic carbocycles. The van der Waals surface area contributed by atoms with Crippen molar-refractivity contribution in [3.63, 3.8) is 0 Å². The lowest BCUT2D eigenvalue weighted by Crippen LogP contribution is -2.60. The fourth-order valence-electron chi connectivity index (χ4n) is 3.88. The van der Waals surface area contributed by atoms with E-state index in [-0.39, 0.29) is 22.3 Å². The number of carbonyl (C=O) groups excluding carboxylic acids is 2. The first-order chi connectivity index (χ1) is 11.0. The van der Waals surface area contributed by atoms with Crippen molar-refractivity contribution >= 4 is 35.4 Å². The van der Waals surface area contributed by atoms with E-state index < -0.39 is 12.0 Å². The van der Waals surface area contributed by atoms with Crippen LogP contribution >= 0.6 is 24.4 Å². The van der Waals surface area contributed by atoms with E-state index in [1.807, 2.05) is 12.1 Å². The third-order valence-corrected chi connectivity index (χ3v) is 6.67. The van der Waals surface area contributed by atoms with Gasteiger partial charge in [-0.25, -0.2) is 0 Å². The number of allylic oxidation sites excluding steroid dienone is 1. The number of thioether (sulfide) groups is 1. The third-order valence-electron chi connectivity index (χ3n) is 4.98. The molecule has 4 rings (SSSR count). The standard InChI is InChI=1S/C17H17NO3S2/c1-8(19)12-15(20)18-13(17(21)22)14(23-16(12)18)11-7-6-9-4-2-3-5-10(9)11/h2-5,8,11-12,16,19H,6-7H2,1H3,(H,21,22)/t8-,11?,12+,16+/m0/s1. The minimum atomic E-state index is -0.706. The SMILES string of the molecule is C[C@H](O)[C@@H]1C(=O)N2C(C(=O)S)=C(C3CCc4ccccc43)S[C@H]12. The van der Waals surface area contributed by atoms with Crippen LogP contribution < -0.4 is 0 Å². The van der Waals surface area contributed by atoms with Crippen LogP contribution in [0.3, 0.4) is 0 Å². The molecule has 23 heavy (non-hydrogen) atoms. The predicted molar refractivity (Wildman–Crippen MR) is 91.9 cm³/mol. The number of fused-ring (bicyclic) bond motifs is 2. The first kappa shape index (κ1) is 15.3. The lowest BCUT2D eigenvalue weighted by atomic mass is 9.91. The van der Waals surface area contributed by atoms with E-state index in [4.69, 9.17) is 0 Å². The second-order valence-electron chi connectivity index (χ2n) is 6.29. The number of β-lactam (4-membered cyclic amide) rings is 1. The number of hydrogen-bond donors (Lipinski definition) is 2. The Morgan fingerprint density at radius 2 is 2.17 bits per heavy atom. The molecular formula is C17H17NO3S2. The quantitative estimate of drug-likeness (QED) is 0.651. The van der Waals surface area contributed by atoms with E-state index in [9.17, 15) is 14.7 Å². The van der Waals surface area contributed by atoms with Crippen LogP contribution in [-0.4, -0.2) is 32.5 Å². The van der Waals surface area contributed by atoms with Gasteiger partial charge in [-0.15, -0.1) is 11.8 Å². The molecule has 1 aromatic rings. The Hall–Kier alpha value is -1.24. The van der Waals surface area contributed by atoms with Crippen molar-refractivity contribution in [2.24, 2.45) is 5.92 Å². The number of aliphatic hydroxyl groups is 1. The molecule has 0 bridgehead atoms. The maximum atomic E-state index is 12.3. The van der Waals surface area contributed by atoms with E-state index in [1.165, 1.54) is 16.0 Å². The van der Waals surface area contributed by atoms with Gasteiger partial charge in [-0.2, -0.15) is 0 Å². The fraction of sp³-hybridized carbons (Fsp3) is 0.412. The topological polar surface area (TPSA) is 57.6 Å². The monoisotopic (exact) mass is 347 g/mol. The van der Waals surface area contributed by atoms with Gasteiger partial charge in [-0.1, -0.05) is 36.9 Å². The molecule has 120 valence electrons. The maximum absolute atomic E-state index is 12.3. The molecule has 2 aliphatic heterocycles. The largest absolute Gasteiger partial charge is 0.392 e. The molecule has 3 aliphatic rings. The van der Waals surface area contributed by atoms with Crippen LogP contribution in [0.25, 0.3) is 0 Å². The van der Waals surface area contributed by atoms with E-state index in [0.29, 0.717) is 5.70 Å². The lowest BCUT2D eigenvalue weighted by molar-refractivity contribution is -0.153. The molecule has 0 saturated carbocycles. The van der Waals surface area contributed by atoms with Crippen LogP contribution in [0.4, 0.5) is 0 Å². The average Bonchev–Trinajstić information content (AvgIpc) is 3.05. The minimum absolute atomic E-state index is 0.148. The molecule has 1 saturated heterocycles. The van der Waals surface area contributed by atoms with Crippen LogP contribution in [0.1, 0.15) is 30.4 Å². The summed E-state index contributed by atoms with van der Waals surface area (Å²) in [5.74, 6) is -0.455. The smallest absolute Gasteiger partial charge is 0.236 e. The fourth-order valence-corrected chi connectivity index (χ4v) is 5.97. The first-order valence-corrected chi connectivity index (χ1v) is 9.06. The molecule has 4 atom stereocenters. The molecule has 2 heterocycles. The number of aliphatic hydroxyl groups excluding tert-OH is 1. The van der Waals surface area contributed by atoms with Gasteiger partial charge in [0.05, 0.1) is 12.0 Å². The summed E-state index contributed by atoms with van der Waals surface area (Å²) in [4.78, 5) is 26.9. The zero-order valence-electron chi connectivity index (χ0n) is 12.6. The number of amides is 1. The normalized spacial score (nSPS) is 30.1. The number of carbonyl (C=O) groups is 2. The predicted octanol–water partition coefficient (Wildman–Crippen LogP) is 2.30. The van der Waals surface area contributed by atoms with Crippen molar-refractivity contribution in [2.45, 2.75) is 37.2 Å². The van der Waals surface area contributed by atoms with Gasteiger partial charge in [-0.05, 0) is 30.9 Å². The van der Waals surface area contributed by atoms with Gasteiger partial charge in [-0.3, -0.25) is 14.5 Å². The number of aryl methyl sites for hydroxylation is 1. The minimum Gasteiger partial charge on any atom is -0.392 e. The van der Waals surface area contributed by atoms with Crippen molar-refractivity contribution in [3.8, 4) is 0 Å². The summed E-state index contributed by atoms with van der Waals surface area (Å²) in [5, 5.41) is 9.31. The number of thiol groups is 1. The second-order valence-corrected chi connectivity index (χ2v) is 7.86. The number of rotatable bonds is 3. The highest BCUT2D eigenvalue weighted by Crippen LogP contribution is 2.56. The molecule has 1 amide bonds. The Kier molecular flexibility index (Phi) is 3.59. The highest BCUT2D eigenvalue weighted by Gasteiger charge is 2.58. The first-order valence-electron chi connectivity index (χ1n) is 7.73. The summed E-state index contributed by atoms with van der Waals surface area (Å²) in [6.07, 6.45) is 1.22. The summed E-state index contributed by atoms with van der Waals surface area (Å²) in [6, 6.07) is 8.27. The van der Waals surface area contributed by atoms with Crippen molar-refractivity contribution in [1.82, 2.24) is 4.90 Å². The molecule has 1 aliphatic carbocycles. The Balaban J connectivity index is 1.75. The van der Waals surface area contributed by atoms with E-state index in [0.717, 1.165) is 17.7 Å². The van der Waals surface area contributed by atoms with E-state index in [1.54, 1.807) is 18.7 Å². The maximum Gasteiger partial charge on any atom is 0.236 e. The summed E-state index contributed by atoms with van der Waals surface area (Å²) < 4.78 is 0. The van der Waals surface area contributed by atoms with Crippen LogP contribution in [-0.2, 0) is 16.0 Å². The highest BCUT2D eigenvalue weighted by atomic mass is 32.2. The van der Waals surface area contributed by atoms with Crippen LogP contribution in [0, 0.1) is 5.92 Å². The Bertz CT molecular complexity index is 743. The highest BCUT2D eigenvalue weighted by molar-refractivity contribution is 8.04. The number of nitrogens with zero attached hydrogens (tertiary/aromatic N) is 1. The van der Waals surface area contributed by atoms with Crippen LogP contribution in [0.5, 0.6) is 0 Å². The van der Waals surface area contributed by atoms with Gasteiger partial charge in [0.25, 0.3) is 0 Å². The van der Waals surface area contributed by atoms with Crippen molar-refractivity contribution in [1.29, 1.82) is 0 Å². The van der Waals surface area contributed by atoms with Gasteiger partial charge in [0.1, 0.15) is 11.1 Å².